The van der Waals surface area contributed by atoms with E-state index >= 15 is 0 Å². The fourth-order valence-electron chi connectivity index (χ4n) is 5.53. The van der Waals surface area contributed by atoms with Crippen LogP contribution in [0.25, 0.3) is 16.7 Å². The molecule has 2 bridgehead atoms. The fourth-order valence-corrected chi connectivity index (χ4v) is 5.53. The van der Waals surface area contributed by atoms with Gasteiger partial charge in [0.15, 0.2) is 12.3 Å². The van der Waals surface area contributed by atoms with Gasteiger partial charge in [-0.05, 0) is 55.9 Å². The second kappa shape index (κ2) is 9.83. The van der Waals surface area contributed by atoms with Crippen LogP contribution in [0.4, 0.5) is 23.0 Å². The highest BCUT2D eigenvalue weighted by atomic mass is 16.5. The van der Waals surface area contributed by atoms with Crippen LogP contribution in [0.5, 0.6) is 5.75 Å². The second-order valence-corrected chi connectivity index (χ2v) is 10.3. The monoisotopic (exact) mass is 538 g/mol. The molecular formula is C29H30N8O3. The Bertz CT molecular complexity index is 1680. The first-order valence-corrected chi connectivity index (χ1v) is 13.6. The van der Waals surface area contributed by atoms with E-state index < -0.39 is 0 Å². The number of ether oxygens (including phenoxy) is 1. The number of aromatic nitrogens is 4. The Balaban J connectivity index is 1.26. The lowest BCUT2D eigenvalue weighted by Crippen LogP contribution is -2.44. The van der Waals surface area contributed by atoms with Gasteiger partial charge in [0.05, 0.1) is 17.9 Å². The van der Waals surface area contributed by atoms with E-state index in [2.05, 4.69) is 39.3 Å². The average Bonchev–Trinajstić information content (AvgIpc) is 3.23. The summed E-state index contributed by atoms with van der Waals surface area (Å²) in [5.41, 5.74) is 3.76. The van der Waals surface area contributed by atoms with Crippen LogP contribution in [-0.2, 0) is 11.3 Å². The van der Waals surface area contributed by atoms with Crippen LogP contribution in [-0.4, -0.2) is 76.5 Å². The molecule has 40 heavy (non-hydrogen) atoms. The van der Waals surface area contributed by atoms with Gasteiger partial charge in [-0.15, -0.1) is 0 Å². The number of carbonyl (C=O) groups excluding carboxylic acids is 1. The number of allylic oxidation sites excluding steroid dienone is 1. The van der Waals surface area contributed by atoms with Gasteiger partial charge in [-0.2, -0.15) is 4.98 Å². The Hall–Kier alpha value is -4.64. The van der Waals surface area contributed by atoms with Crippen molar-refractivity contribution in [2.75, 3.05) is 61.5 Å². The summed E-state index contributed by atoms with van der Waals surface area (Å²) < 4.78 is 9.13. The Morgan fingerprint density at radius 3 is 2.55 bits per heavy atom. The summed E-state index contributed by atoms with van der Waals surface area (Å²) in [4.78, 5) is 41.8. The number of hydrogen-bond acceptors (Lipinski definition) is 8. The molecule has 4 aromatic rings. The average molecular weight is 539 g/mol. The Labute approximate surface area is 230 Å². The molecule has 3 aliphatic rings. The van der Waals surface area contributed by atoms with E-state index in [-0.39, 0.29) is 18.1 Å². The van der Waals surface area contributed by atoms with E-state index in [0.29, 0.717) is 53.6 Å². The zero-order chi connectivity index (χ0) is 27.2. The van der Waals surface area contributed by atoms with Crippen molar-refractivity contribution in [3.63, 3.8) is 0 Å². The zero-order valence-corrected chi connectivity index (χ0v) is 22.3. The van der Waals surface area contributed by atoms with E-state index in [4.69, 9.17) is 9.72 Å². The molecule has 1 fully saturated rings. The molecule has 0 saturated carbocycles. The molecule has 1 N–H and O–H groups in total. The van der Waals surface area contributed by atoms with Gasteiger partial charge in [0, 0.05) is 50.3 Å². The first-order chi connectivity index (χ1) is 19.5. The van der Waals surface area contributed by atoms with Crippen LogP contribution in [0.3, 0.4) is 0 Å². The molecule has 7 rings (SSSR count). The number of likely N-dealkylation sites (N-methyl/N-ethyl adjacent to an activating group) is 1. The number of nitrogens with one attached hydrogen (secondary N) is 1. The Kier molecular flexibility index (Phi) is 6.00. The van der Waals surface area contributed by atoms with Crippen LogP contribution in [0, 0.1) is 0 Å². The van der Waals surface area contributed by atoms with Crippen molar-refractivity contribution in [3.8, 4) is 11.4 Å². The third-order valence-electron chi connectivity index (χ3n) is 7.76. The lowest BCUT2D eigenvalue weighted by Gasteiger charge is -2.34. The zero-order valence-electron chi connectivity index (χ0n) is 22.3. The van der Waals surface area contributed by atoms with E-state index in [1.165, 1.54) is 5.69 Å². The SMILES string of the molecule is CN1CCN(c2ccc(Nc3ncc4c(=O)n5n(c4n3)-c3ccc4c(c3)N(CCC=CC5)C(=O)CO4)cc2)CC1. The topological polar surface area (TPSA) is 101 Å². The number of benzene rings is 2. The summed E-state index contributed by atoms with van der Waals surface area (Å²) in [5, 5.41) is 3.72. The molecule has 11 heteroatoms. The van der Waals surface area contributed by atoms with E-state index in [1.54, 1.807) is 20.5 Å². The highest BCUT2D eigenvalue weighted by Crippen LogP contribution is 2.35. The highest BCUT2D eigenvalue weighted by Gasteiger charge is 2.27. The summed E-state index contributed by atoms with van der Waals surface area (Å²) in [6.07, 6.45) is 6.19. The van der Waals surface area contributed by atoms with Crippen LogP contribution in [0.2, 0.25) is 0 Å². The summed E-state index contributed by atoms with van der Waals surface area (Å²) in [7, 11) is 2.15. The normalized spacial score (nSPS) is 17.4. The number of hydrogen-bond donors (Lipinski definition) is 1. The largest absolute Gasteiger partial charge is 0.482 e. The summed E-state index contributed by atoms with van der Waals surface area (Å²) in [5.74, 6) is 0.956. The molecule has 0 aliphatic carbocycles. The van der Waals surface area contributed by atoms with Crippen molar-refractivity contribution in [1.82, 2.24) is 24.2 Å². The molecule has 3 aliphatic heterocycles. The first-order valence-electron chi connectivity index (χ1n) is 13.6. The molecule has 5 heterocycles. The quantitative estimate of drug-likeness (QED) is 0.398. The maximum Gasteiger partial charge on any atom is 0.278 e. The summed E-state index contributed by atoms with van der Waals surface area (Å²) >= 11 is 0. The van der Waals surface area contributed by atoms with Gasteiger partial charge < -0.3 is 24.8 Å². The molecule has 0 spiro atoms. The number of fused-ring (bicyclic) bond motifs is 5. The van der Waals surface area contributed by atoms with Gasteiger partial charge in [0.1, 0.15) is 11.1 Å². The van der Waals surface area contributed by atoms with Gasteiger partial charge in [0.2, 0.25) is 5.95 Å². The number of amides is 1. The minimum absolute atomic E-state index is 0.0197. The third kappa shape index (κ3) is 4.28. The van der Waals surface area contributed by atoms with Gasteiger partial charge in [-0.1, -0.05) is 12.2 Å². The fraction of sp³-hybridized carbons (Fsp3) is 0.310. The number of rotatable bonds is 3. The Morgan fingerprint density at radius 2 is 1.73 bits per heavy atom. The van der Waals surface area contributed by atoms with Crippen molar-refractivity contribution in [2.45, 2.75) is 13.0 Å². The first kappa shape index (κ1) is 24.4. The molecular weight excluding hydrogens is 508 g/mol. The van der Waals surface area contributed by atoms with Crippen molar-refractivity contribution < 1.29 is 9.53 Å². The molecule has 2 aromatic carbocycles. The molecule has 0 unspecified atom stereocenters. The van der Waals surface area contributed by atoms with Crippen molar-refractivity contribution in [1.29, 1.82) is 0 Å². The second-order valence-electron chi connectivity index (χ2n) is 10.3. The van der Waals surface area contributed by atoms with E-state index in [9.17, 15) is 9.59 Å². The van der Waals surface area contributed by atoms with Gasteiger partial charge in [-0.25, -0.2) is 14.3 Å². The predicted octanol–water partition coefficient (Wildman–Crippen LogP) is 2.76. The third-order valence-corrected chi connectivity index (χ3v) is 7.76. The van der Waals surface area contributed by atoms with Crippen LogP contribution in [0.1, 0.15) is 6.42 Å². The van der Waals surface area contributed by atoms with E-state index in [0.717, 1.165) is 31.9 Å². The molecule has 1 amide bonds. The number of piperazine rings is 1. The lowest BCUT2D eigenvalue weighted by atomic mass is 10.2. The van der Waals surface area contributed by atoms with Crippen molar-refractivity contribution in [3.05, 3.63) is 71.2 Å². The smallest absolute Gasteiger partial charge is 0.278 e. The molecule has 0 radical (unpaired) electrons. The Morgan fingerprint density at radius 1 is 0.925 bits per heavy atom. The number of nitrogens with zero attached hydrogens (tertiary/aromatic N) is 7. The van der Waals surface area contributed by atoms with E-state index in [1.807, 2.05) is 42.5 Å². The lowest BCUT2D eigenvalue weighted by molar-refractivity contribution is -0.121. The molecule has 11 nitrogen and oxygen atoms in total. The van der Waals surface area contributed by atoms with Crippen LogP contribution >= 0.6 is 0 Å². The summed E-state index contributed by atoms with van der Waals surface area (Å²) in [6, 6.07) is 13.9. The van der Waals surface area contributed by atoms with Gasteiger partial charge in [-0.3, -0.25) is 9.59 Å². The minimum Gasteiger partial charge on any atom is -0.482 e. The molecule has 0 atom stereocenters. The maximum atomic E-state index is 13.5. The molecule has 204 valence electrons. The minimum atomic E-state index is -0.177. The number of carbonyl (C=O) groups is 1. The molecule has 2 aromatic heterocycles. The van der Waals surface area contributed by atoms with Crippen LogP contribution < -0.4 is 25.4 Å². The van der Waals surface area contributed by atoms with Crippen molar-refractivity contribution >= 4 is 40.0 Å². The standard InChI is InChI=1S/C29H30N8O3/c1-33-13-15-34(16-14-33)21-7-5-20(6-8-21)31-29-30-18-23-27(32-29)37-22-9-10-25-24(17-22)35(26(38)19-40-25)11-3-2-4-12-36(37)28(23)39/h2,4-10,17-18H,3,11-16,19H2,1H3,(H,30,31,32). The van der Waals surface area contributed by atoms with Crippen molar-refractivity contribution in [2.24, 2.45) is 0 Å². The highest BCUT2D eigenvalue weighted by molar-refractivity contribution is 5.98. The predicted molar refractivity (Wildman–Crippen MR) is 154 cm³/mol. The molecule has 1 saturated heterocycles. The summed E-state index contributed by atoms with van der Waals surface area (Å²) in [6.45, 7) is 5.05. The van der Waals surface area contributed by atoms with Crippen LogP contribution in [0.15, 0.2) is 65.6 Å². The van der Waals surface area contributed by atoms with Gasteiger partial charge >= 0.3 is 0 Å². The number of anilines is 4. The maximum absolute atomic E-state index is 13.5. The van der Waals surface area contributed by atoms with Gasteiger partial charge in [0.25, 0.3) is 11.5 Å².